The molecule has 1 aromatic rings. The molecule has 1 aromatic heterocycles. The molecule has 0 bridgehead atoms. The Morgan fingerprint density at radius 1 is 1.21 bits per heavy atom. The third-order valence-electron chi connectivity index (χ3n) is 6.12. The number of nitrogens with zero attached hydrogens (tertiary/aromatic N) is 1. The van der Waals surface area contributed by atoms with Gasteiger partial charge in [-0.2, -0.15) is 0 Å². The molecule has 158 valence electrons. The summed E-state index contributed by atoms with van der Waals surface area (Å²) in [6.45, 7) is 4.20. The highest BCUT2D eigenvalue weighted by molar-refractivity contribution is 14.0. The van der Waals surface area contributed by atoms with Crippen LogP contribution in [-0.4, -0.2) is 50.5 Å². The van der Waals surface area contributed by atoms with E-state index in [1.165, 1.54) is 25.7 Å². The number of rotatable bonds is 6. The van der Waals surface area contributed by atoms with Crippen molar-refractivity contribution in [2.24, 2.45) is 10.9 Å². The van der Waals surface area contributed by atoms with Gasteiger partial charge in [0.1, 0.15) is 5.76 Å². The zero-order chi connectivity index (χ0) is 18.4. The summed E-state index contributed by atoms with van der Waals surface area (Å²) in [6, 6.07) is 4.39. The molecule has 0 aromatic carbocycles. The molecular formula is C21H34IN3O3. The van der Waals surface area contributed by atoms with E-state index in [4.69, 9.17) is 18.9 Å². The van der Waals surface area contributed by atoms with Gasteiger partial charge in [0, 0.05) is 44.7 Å². The minimum Gasteiger partial charge on any atom is -0.469 e. The molecule has 1 aliphatic carbocycles. The fraction of sp³-hybridized carbons (Fsp3) is 0.762. The Labute approximate surface area is 185 Å². The van der Waals surface area contributed by atoms with Crippen LogP contribution in [0.15, 0.2) is 27.8 Å². The summed E-state index contributed by atoms with van der Waals surface area (Å²) in [5.74, 6) is 2.47. The largest absolute Gasteiger partial charge is 0.469 e. The van der Waals surface area contributed by atoms with E-state index in [9.17, 15) is 0 Å². The molecule has 1 saturated carbocycles. The van der Waals surface area contributed by atoms with E-state index in [0.29, 0.717) is 12.0 Å². The van der Waals surface area contributed by atoms with Gasteiger partial charge < -0.3 is 24.5 Å². The maximum absolute atomic E-state index is 6.18. The molecule has 0 amide bonds. The minimum atomic E-state index is 0. The summed E-state index contributed by atoms with van der Waals surface area (Å²) < 4.78 is 17.1. The number of nitrogens with one attached hydrogen (secondary N) is 2. The Morgan fingerprint density at radius 2 is 2.11 bits per heavy atom. The van der Waals surface area contributed by atoms with Crippen molar-refractivity contribution < 1.29 is 13.9 Å². The Kier molecular flexibility index (Phi) is 8.47. The van der Waals surface area contributed by atoms with Crippen molar-refractivity contribution in [2.45, 2.75) is 63.0 Å². The topological polar surface area (TPSA) is 68.0 Å². The maximum Gasteiger partial charge on any atom is 0.191 e. The Hall–Kier alpha value is -0.800. The van der Waals surface area contributed by atoms with Crippen LogP contribution in [0.3, 0.4) is 0 Å². The van der Waals surface area contributed by atoms with Crippen molar-refractivity contribution in [2.75, 3.05) is 32.9 Å². The second kappa shape index (κ2) is 10.8. The highest BCUT2D eigenvalue weighted by Crippen LogP contribution is 2.39. The third kappa shape index (κ3) is 6.10. The van der Waals surface area contributed by atoms with E-state index in [1.807, 2.05) is 12.1 Å². The van der Waals surface area contributed by atoms with Crippen molar-refractivity contribution in [3.8, 4) is 0 Å². The molecule has 6 nitrogen and oxygen atoms in total. The molecule has 7 heteroatoms. The molecule has 2 saturated heterocycles. The van der Waals surface area contributed by atoms with E-state index >= 15 is 0 Å². The highest BCUT2D eigenvalue weighted by Gasteiger charge is 2.40. The first-order chi connectivity index (χ1) is 13.3. The van der Waals surface area contributed by atoms with Gasteiger partial charge in [-0.25, -0.2) is 0 Å². The van der Waals surface area contributed by atoms with Gasteiger partial charge in [0.2, 0.25) is 0 Å². The van der Waals surface area contributed by atoms with Crippen LogP contribution in [0, 0.1) is 5.92 Å². The molecule has 2 N–H and O–H groups in total. The Morgan fingerprint density at radius 3 is 2.86 bits per heavy atom. The fourth-order valence-corrected chi connectivity index (χ4v) is 4.57. The average Bonchev–Trinajstić information content (AvgIpc) is 3.43. The fourth-order valence-electron chi connectivity index (χ4n) is 4.57. The van der Waals surface area contributed by atoms with Gasteiger partial charge in [-0.05, 0) is 44.2 Å². The monoisotopic (exact) mass is 503 g/mol. The molecule has 2 unspecified atom stereocenters. The number of guanidine groups is 1. The molecule has 3 heterocycles. The lowest BCUT2D eigenvalue weighted by molar-refractivity contribution is -0.0815. The number of hydrogen-bond donors (Lipinski definition) is 2. The number of ether oxygens (including phenoxy) is 2. The lowest BCUT2D eigenvalue weighted by atomic mass is 9.89. The quantitative estimate of drug-likeness (QED) is 0.354. The average molecular weight is 503 g/mol. The van der Waals surface area contributed by atoms with Gasteiger partial charge in [0.05, 0.1) is 18.5 Å². The van der Waals surface area contributed by atoms with Crippen LogP contribution in [-0.2, 0) is 15.9 Å². The van der Waals surface area contributed by atoms with Crippen LogP contribution in [0.2, 0.25) is 0 Å². The molecule has 28 heavy (non-hydrogen) atoms. The number of hydrogen-bond acceptors (Lipinski definition) is 4. The molecule has 1 spiro atoms. The third-order valence-corrected chi connectivity index (χ3v) is 6.12. The van der Waals surface area contributed by atoms with Gasteiger partial charge in [-0.1, -0.05) is 12.8 Å². The van der Waals surface area contributed by atoms with Crippen molar-refractivity contribution in [1.82, 2.24) is 10.6 Å². The first kappa shape index (κ1) is 21.9. The zero-order valence-electron chi connectivity index (χ0n) is 16.7. The van der Waals surface area contributed by atoms with Crippen molar-refractivity contribution in [1.29, 1.82) is 0 Å². The van der Waals surface area contributed by atoms with Crippen LogP contribution in [0.4, 0.5) is 0 Å². The lowest BCUT2D eigenvalue weighted by Crippen LogP contribution is -2.51. The summed E-state index contributed by atoms with van der Waals surface area (Å²) >= 11 is 0. The molecule has 3 aliphatic rings. The van der Waals surface area contributed by atoms with Crippen LogP contribution >= 0.6 is 24.0 Å². The SMILES string of the molecule is I.c1coc(CCNC(=NCC2CCOC2)NC2CCOC3(CCCC3)C2)c1. The van der Waals surface area contributed by atoms with E-state index in [0.717, 1.165) is 70.3 Å². The standard InChI is InChI=1S/C21H33N3O3.HI/c1-2-9-21(8-1)14-18(7-13-27-21)24-20(23-15-17-6-12-25-16-17)22-10-5-19-4-3-11-26-19;/h3-4,11,17-18H,1-2,5-10,12-16H2,(H2,22,23,24);1H. The summed E-state index contributed by atoms with van der Waals surface area (Å²) in [5.41, 5.74) is 0.120. The molecular weight excluding hydrogens is 469 g/mol. The number of furan rings is 1. The van der Waals surface area contributed by atoms with Crippen molar-refractivity contribution in [3.05, 3.63) is 24.2 Å². The first-order valence-corrected chi connectivity index (χ1v) is 10.6. The molecule has 2 aliphatic heterocycles. The van der Waals surface area contributed by atoms with Gasteiger partial charge in [-0.3, -0.25) is 4.99 Å². The zero-order valence-corrected chi connectivity index (χ0v) is 19.0. The first-order valence-electron chi connectivity index (χ1n) is 10.6. The van der Waals surface area contributed by atoms with Crippen LogP contribution in [0.5, 0.6) is 0 Å². The van der Waals surface area contributed by atoms with Gasteiger partial charge in [0.15, 0.2) is 5.96 Å². The van der Waals surface area contributed by atoms with Gasteiger partial charge in [-0.15, -0.1) is 24.0 Å². The number of aliphatic imine (C=N–C) groups is 1. The minimum absolute atomic E-state index is 0. The molecule has 2 atom stereocenters. The predicted molar refractivity (Wildman–Crippen MR) is 120 cm³/mol. The summed E-state index contributed by atoms with van der Waals surface area (Å²) in [6.07, 6.45) is 10.9. The van der Waals surface area contributed by atoms with Crippen LogP contribution in [0.25, 0.3) is 0 Å². The van der Waals surface area contributed by atoms with Gasteiger partial charge >= 0.3 is 0 Å². The van der Waals surface area contributed by atoms with E-state index in [2.05, 4.69) is 10.6 Å². The summed E-state index contributed by atoms with van der Waals surface area (Å²) in [7, 11) is 0. The van der Waals surface area contributed by atoms with Crippen molar-refractivity contribution in [3.63, 3.8) is 0 Å². The predicted octanol–water partition coefficient (Wildman–Crippen LogP) is 3.50. The molecule has 3 fully saturated rings. The van der Waals surface area contributed by atoms with E-state index < -0.39 is 0 Å². The maximum atomic E-state index is 6.18. The van der Waals surface area contributed by atoms with Gasteiger partial charge in [0.25, 0.3) is 0 Å². The second-order valence-electron chi connectivity index (χ2n) is 8.25. The second-order valence-corrected chi connectivity index (χ2v) is 8.25. The Balaban J connectivity index is 0.00000225. The lowest BCUT2D eigenvalue weighted by Gasteiger charge is -2.39. The molecule has 4 rings (SSSR count). The Bertz CT molecular complexity index is 596. The normalized spacial score (nSPS) is 26.9. The summed E-state index contributed by atoms with van der Waals surface area (Å²) in [5, 5.41) is 7.20. The number of halogens is 1. The smallest absolute Gasteiger partial charge is 0.191 e. The highest BCUT2D eigenvalue weighted by atomic mass is 127. The van der Waals surface area contributed by atoms with Crippen molar-refractivity contribution >= 4 is 29.9 Å². The van der Waals surface area contributed by atoms with E-state index in [-0.39, 0.29) is 29.6 Å². The van der Waals surface area contributed by atoms with Crippen LogP contribution in [0.1, 0.15) is 50.7 Å². The van der Waals surface area contributed by atoms with E-state index in [1.54, 1.807) is 6.26 Å². The summed E-state index contributed by atoms with van der Waals surface area (Å²) in [4.78, 5) is 4.88. The molecule has 0 radical (unpaired) electrons. The van der Waals surface area contributed by atoms with Crippen LogP contribution < -0.4 is 10.6 Å².